The Morgan fingerprint density at radius 3 is 2.67 bits per heavy atom. The van der Waals surface area contributed by atoms with Gasteiger partial charge in [-0.15, -0.1) is 0 Å². The van der Waals surface area contributed by atoms with Crippen molar-refractivity contribution < 1.29 is 17.3 Å². The van der Waals surface area contributed by atoms with Crippen molar-refractivity contribution in [2.75, 3.05) is 19.8 Å². The summed E-state index contributed by atoms with van der Waals surface area (Å²) in [4.78, 5) is 0.223. The summed E-state index contributed by atoms with van der Waals surface area (Å²) in [5.74, 6) is 0.733. The maximum absolute atomic E-state index is 12.1. The Morgan fingerprint density at radius 1 is 1.33 bits per heavy atom. The summed E-state index contributed by atoms with van der Waals surface area (Å²) < 4.78 is 34.8. The van der Waals surface area contributed by atoms with Crippen molar-refractivity contribution in [1.82, 2.24) is 0 Å². The van der Waals surface area contributed by atoms with Crippen LogP contribution in [0.2, 0.25) is 0 Å². The molecule has 4 nitrogen and oxygen atoms in total. The highest BCUT2D eigenvalue weighted by Gasteiger charge is 2.20. The molecule has 2 atom stereocenters. The van der Waals surface area contributed by atoms with Crippen molar-refractivity contribution in [3.63, 3.8) is 0 Å². The van der Waals surface area contributed by atoms with Gasteiger partial charge in [0, 0.05) is 13.2 Å². The van der Waals surface area contributed by atoms with Crippen molar-refractivity contribution >= 4 is 10.1 Å². The van der Waals surface area contributed by atoms with Gasteiger partial charge in [0.1, 0.15) is 0 Å². The second kappa shape index (κ2) is 7.38. The first-order valence-electron chi connectivity index (χ1n) is 7.51. The third-order valence-corrected chi connectivity index (χ3v) is 5.10. The Hall–Kier alpha value is -0.910. The van der Waals surface area contributed by atoms with E-state index in [2.05, 4.69) is 0 Å². The minimum Gasteiger partial charge on any atom is -0.381 e. The molecule has 2 rings (SSSR count). The van der Waals surface area contributed by atoms with Crippen LogP contribution in [0.1, 0.15) is 31.7 Å². The van der Waals surface area contributed by atoms with E-state index in [0.717, 1.165) is 38.0 Å². The fourth-order valence-electron chi connectivity index (χ4n) is 2.61. The molecule has 0 saturated carbocycles. The molecule has 1 saturated heterocycles. The Bertz CT molecular complexity index is 530. The van der Waals surface area contributed by atoms with Gasteiger partial charge in [-0.2, -0.15) is 8.42 Å². The fraction of sp³-hybridized carbons (Fsp3) is 0.625. The van der Waals surface area contributed by atoms with Crippen LogP contribution in [0.3, 0.4) is 0 Å². The molecule has 21 heavy (non-hydrogen) atoms. The van der Waals surface area contributed by atoms with Crippen LogP contribution in [0, 0.1) is 18.8 Å². The number of aryl methyl sites for hydroxylation is 1. The molecule has 1 heterocycles. The molecule has 0 spiro atoms. The Balaban J connectivity index is 1.84. The van der Waals surface area contributed by atoms with Crippen LogP contribution in [-0.2, 0) is 19.0 Å². The van der Waals surface area contributed by atoms with E-state index in [0.29, 0.717) is 5.92 Å². The van der Waals surface area contributed by atoms with Crippen LogP contribution in [0.25, 0.3) is 0 Å². The zero-order chi connectivity index (χ0) is 15.3. The van der Waals surface area contributed by atoms with Crippen molar-refractivity contribution in [3.05, 3.63) is 29.8 Å². The van der Waals surface area contributed by atoms with Crippen molar-refractivity contribution in [2.45, 2.75) is 38.0 Å². The molecule has 0 bridgehead atoms. The first kappa shape index (κ1) is 16.5. The molecule has 1 aliphatic rings. The van der Waals surface area contributed by atoms with Crippen LogP contribution in [0.5, 0.6) is 0 Å². The largest absolute Gasteiger partial charge is 0.381 e. The van der Waals surface area contributed by atoms with Gasteiger partial charge in [-0.25, -0.2) is 0 Å². The number of benzene rings is 1. The number of ether oxygens (including phenoxy) is 1. The summed E-state index contributed by atoms with van der Waals surface area (Å²) in [5.41, 5.74) is 1.03. The fourth-order valence-corrected chi connectivity index (χ4v) is 3.63. The standard InChI is InChI=1S/C16H24O4S/c1-13-5-7-16(8-6-13)21(17,18)20-11-14(2)10-15-4-3-9-19-12-15/h5-8,14-15H,3-4,9-12H2,1-2H3/t14-,15?/m0/s1. The van der Waals surface area contributed by atoms with Crippen LogP contribution in [0.4, 0.5) is 0 Å². The van der Waals surface area contributed by atoms with Crippen LogP contribution in [-0.4, -0.2) is 28.2 Å². The van der Waals surface area contributed by atoms with E-state index in [1.807, 2.05) is 13.8 Å². The van der Waals surface area contributed by atoms with Crippen molar-refractivity contribution in [3.8, 4) is 0 Å². The first-order chi connectivity index (χ1) is 9.97. The SMILES string of the molecule is Cc1ccc(S(=O)(=O)OC[C@@H](C)CC2CCCOC2)cc1. The zero-order valence-electron chi connectivity index (χ0n) is 12.7. The van der Waals surface area contributed by atoms with Crippen LogP contribution in [0.15, 0.2) is 29.2 Å². The Morgan fingerprint density at radius 2 is 2.05 bits per heavy atom. The van der Waals surface area contributed by atoms with E-state index in [1.54, 1.807) is 24.3 Å². The molecule has 1 aromatic rings. The average molecular weight is 312 g/mol. The lowest BCUT2D eigenvalue weighted by Crippen LogP contribution is -2.22. The lowest BCUT2D eigenvalue weighted by molar-refractivity contribution is 0.0431. The quantitative estimate of drug-likeness (QED) is 0.757. The maximum Gasteiger partial charge on any atom is 0.296 e. The molecule has 1 aromatic carbocycles. The molecule has 5 heteroatoms. The molecule has 0 amide bonds. The lowest BCUT2D eigenvalue weighted by Gasteiger charge is -2.24. The monoisotopic (exact) mass is 312 g/mol. The summed E-state index contributed by atoms with van der Waals surface area (Å²) in [7, 11) is -3.64. The summed E-state index contributed by atoms with van der Waals surface area (Å²) >= 11 is 0. The summed E-state index contributed by atoms with van der Waals surface area (Å²) in [6, 6.07) is 6.73. The number of rotatable bonds is 6. The second-order valence-corrected chi connectivity index (χ2v) is 7.59. The van der Waals surface area contributed by atoms with Crippen molar-refractivity contribution in [2.24, 2.45) is 11.8 Å². The number of hydrogen-bond donors (Lipinski definition) is 0. The van der Waals surface area contributed by atoms with E-state index in [-0.39, 0.29) is 17.4 Å². The topological polar surface area (TPSA) is 52.6 Å². The first-order valence-corrected chi connectivity index (χ1v) is 8.92. The van der Waals surface area contributed by atoms with Gasteiger partial charge < -0.3 is 4.74 Å². The molecule has 0 radical (unpaired) electrons. The van der Waals surface area contributed by atoms with Gasteiger partial charge >= 0.3 is 0 Å². The Labute approximate surface area is 127 Å². The highest BCUT2D eigenvalue weighted by molar-refractivity contribution is 7.86. The molecule has 0 N–H and O–H groups in total. The van der Waals surface area contributed by atoms with Gasteiger partial charge in [0.25, 0.3) is 10.1 Å². The highest BCUT2D eigenvalue weighted by atomic mass is 32.2. The summed E-state index contributed by atoms with van der Waals surface area (Å²) in [5, 5.41) is 0. The highest BCUT2D eigenvalue weighted by Crippen LogP contribution is 2.23. The molecule has 1 aliphatic heterocycles. The van der Waals surface area contributed by atoms with Gasteiger partial charge in [-0.1, -0.05) is 24.6 Å². The minimum absolute atomic E-state index is 0.205. The molecule has 1 unspecified atom stereocenters. The molecular formula is C16H24O4S. The van der Waals surface area contributed by atoms with Crippen LogP contribution < -0.4 is 0 Å². The van der Waals surface area contributed by atoms with Gasteiger partial charge in [0.15, 0.2) is 0 Å². The molecule has 118 valence electrons. The normalized spacial score (nSPS) is 21.1. The third-order valence-electron chi connectivity index (χ3n) is 3.81. The smallest absolute Gasteiger partial charge is 0.296 e. The minimum atomic E-state index is -3.64. The van der Waals surface area contributed by atoms with Gasteiger partial charge in [-0.05, 0) is 50.2 Å². The van der Waals surface area contributed by atoms with Gasteiger partial charge in [-0.3, -0.25) is 4.18 Å². The molecule has 1 fully saturated rings. The van der Waals surface area contributed by atoms with Crippen LogP contribution >= 0.6 is 0 Å². The van der Waals surface area contributed by atoms with E-state index >= 15 is 0 Å². The lowest BCUT2D eigenvalue weighted by atomic mass is 9.92. The predicted octanol–water partition coefficient (Wildman–Crippen LogP) is 3.15. The van der Waals surface area contributed by atoms with E-state index in [1.165, 1.54) is 0 Å². The summed E-state index contributed by atoms with van der Waals surface area (Å²) in [6.07, 6.45) is 3.21. The van der Waals surface area contributed by atoms with E-state index in [9.17, 15) is 8.42 Å². The maximum atomic E-state index is 12.1. The molecule has 0 aromatic heterocycles. The molecule has 0 aliphatic carbocycles. The van der Waals surface area contributed by atoms with E-state index in [4.69, 9.17) is 8.92 Å². The third kappa shape index (κ3) is 5.09. The van der Waals surface area contributed by atoms with Crippen molar-refractivity contribution in [1.29, 1.82) is 0 Å². The summed E-state index contributed by atoms with van der Waals surface area (Å²) in [6.45, 7) is 5.82. The number of hydrogen-bond acceptors (Lipinski definition) is 4. The van der Waals surface area contributed by atoms with Gasteiger partial charge in [0.05, 0.1) is 11.5 Å². The predicted molar refractivity (Wildman–Crippen MR) is 81.6 cm³/mol. The Kier molecular flexibility index (Phi) is 5.79. The second-order valence-electron chi connectivity index (χ2n) is 5.98. The zero-order valence-corrected chi connectivity index (χ0v) is 13.6. The molecular weight excluding hydrogens is 288 g/mol. The van der Waals surface area contributed by atoms with E-state index < -0.39 is 10.1 Å². The van der Waals surface area contributed by atoms with Gasteiger partial charge in [0.2, 0.25) is 0 Å². The average Bonchev–Trinajstić information content (AvgIpc) is 2.47.